The highest BCUT2D eigenvalue weighted by Crippen LogP contribution is 2.34. The average molecular weight is 299 g/mol. The molecule has 0 radical (unpaired) electrons. The lowest BCUT2D eigenvalue weighted by atomic mass is 10.0. The SMILES string of the molecule is IN=C(CCC1CC1)c1ccccc1. The molecule has 0 spiro atoms. The first-order valence-electron chi connectivity index (χ1n) is 5.13. The van der Waals surface area contributed by atoms with E-state index < -0.39 is 0 Å². The molecule has 1 aromatic carbocycles. The van der Waals surface area contributed by atoms with Crippen LogP contribution in [0.5, 0.6) is 0 Å². The average Bonchev–Trinajstić information content (AvgIpc) is 3.04. The van der Waals surface area contributed by atoms with Crippen LogP contribution in [0.1, 0.15) is 31.2 Å². The molecule has 0 unspecified atom stereocenters. The van der Waals surface area contributed by atoms with Crippen LogP contribution >= 0.6 is 22.9 Å². The summed E-state index contributed by atoms with van der Waals surface area (Å²) in [6.45, 7) is 0. The molecule has 14 heavy (non-hydrogen) atoms. The van der Waals surface area contributed by atoms with Crippen LogP contribution in [0.25, 0.3) is 0 Å². The maximum absolute atomic E-state index is 4.34. The van der Waals surface area contributed by atoms with Gasteiger partial charge in [-0.05, 0) is 24.3 Å². The van der Waals surface area contributed by atoms with Crippen molar-refractivity contribution in [2.75, 3.05) is 0 Å². The van der Waals surface area contributed by atoms with E-state index >= 15 is 0 Å². The van der Waals surface area contributed by atoms with Crippen molar-refractivity contribution in [1.82, 2.24) is 0 Å². The van der Waals surface area contributed by atoms with Crippen LogP contribution in [0.4, 0.5) is 0 Å². The molecule has 1 aliphatic carbocycles. The van der Waals surface area contributed by atoms with Gasteiger partial charge in [-0.25, -0.2) is 3.21 Å². The molecule has 1 fully saturated rings. The Hall–Kier alpha value is -0.380. The van der Waals surface area contributed by atoms with Gasteiger partial charge in [0.2, 0.25) is 0 Å². The van der Waals surface area contributed by atoms with Gasteiger partial charge in [-0.1, -0.05) is 43.2 Å². The highest BCUT2D eigenvalue weighted by molar-refractivity contribution is 14.1. The lowest BCUT2D eigenvalue weighted by molar-refractivity contribution is 0.759. The van der Waals surface area contributed by atoms with Gasteiger partial charge in [-0.3, -0.25) is 0 Å². The number of nitrogens with zero attached hydrogens (tertiary/aromatic N) is 1. The standard InChI is InChI=1S/C12H14IN/c13-14-12(9-8-10-6-7-10)11-4-2-1-3-5-11/h1-5,10H,6-9H2. The molecule has 1 nitrogen and oxygen atoms in total. The molecule has 0 amide bonds. The molecule has 0 atom stereocenters. The molecular weight excluding hydrogens is 285 g/mol. The summed E-state index contributed by atoms with van der Waals surface area (Å²) in [6.07, 6.45) is 5.32. The first-order valence-corrected chi connectivity index (χ1v) is 6.10. The molecule has 0 heterocycles. The van der Waals surface area contributed by atoms with E-state index in [4.69, 9.17) is 0 Å². The van der Waals surface area contributed by atoms with E-state index in [2.05, 4.69) is 56.4 Å². The summed E-state index contributed by atoms with van der Waals surface area (Å²) >= 11 is 2.11. The van der Waals surface area contributed by atoms with Crippen LogP contribution in [0, 0.1) is 5.92 Å². The van der Waals surface area contributed by atoms with Crippen molar-refractivity contribution >= 4 is 28.6 Å². The zero-order valence-corrected chi connectivity index (χ0v) is 10.3. The zero-order valence-electron chi connectivity index (χ0n) is 8.12. The molecule has 1 saturated carbocycles. The summed E-state index contributed by atoms with van der Waals surface area (Å²) in [7, 11) is 0. The van der Waals surface area contributed by atoms with Gasteiger partial charge in [-0.2, -0.15) is 0 Å². The van der Waals surface area contributed by atoms with Gasteiger partial charge >= 0.3 is 0 Å². The summed E-state index contributed by atoms with van der Waals surface area (Å²) in [5.74, 6) is 0.992. The van der Waals surface area contributed by atoms with Crippen molar-refractivity contribution in [3.63, 3.8) is 0 Å². The van der Waals surface area contributed by atoms with Crippen molar-refractivity contribution in [3.05, 3.63) is 35.9 Å². The fraction of sp³-hybridized carbons (Fsp3) is 0.417. The lowest BCUT2D eigenvalue weighted by Crippen LogP contribution is -1.99. The summed E-state index contributed by atoms with van der Waals surface area (Å²) in [5, 5.41) is 0. The predicted octanol–water partition coefficient (Wildman–Crippen LogP) is 4.02. The summed E-state index contributed by atoms with van der Waals surface area (Å²) in [6, 6.07) is 10.5. The minimum Gasteiger partial charge on any atom is -0.219 e. The normalized spacial score (nSPS) is 17.1. The Bertz CT molecular complexity index is 314. The number of benzene rings is 1. The van der Waals surface area contributed by atoms with E-state index in [0.717, 1.165) is 12.3 Å². The van der Waals surface area contributed by atoms with Crippen molar-refractivity contribution in [1.29, 1.82) is 0 Å². The largest absolute Gasteiger partial charge is 0.219 e. The third-order valence-corrected chi connectivity index (χ3v) is 3.28. The molecule has 1 aliphatic rings. The Balaban J connectivity index is 1.98. The number of hydrogen-bond acceptors (Lipinski definition) is 1. The van der Waals surface area contributed by atoms with E-state index in [-0.39, 0.29) is 0 Å². The molecule has 0 aromatic heterocycles. The number of hydrogen-bond donors (Lipinski definition) is 0. The maximum atomic E-state index is 4.34. The molecule has 0 aliphatic heterocycles. The Labute approximate surface area is 99.1 Å². The van der Waals surface area contributed by atoms with Gasteiger partial charge in [0, 0.05) is 0 Å². The third-order valence-electron chi connectivity index (χ3n) is 2.70. The fourth-order valence-electron chi connectivity index (χ4n) is 1.61. The van der Waals surface area contributed by atoms with Crippen LogP contribution in [-0.2, 0) is 0 Å². The van der Waals surface area contributed by atoms with Crippen LogP contribution in [0.3, 0.4) is 0 Å². The van der Waals surface area contributed by atoms with Gasteiger partial charge in [0.1, 0.15) is 0 Å². The van der Waals surface area contributed by atoms with Gasteiger partial charge in [0.15, 0.2) is 0 Å². The van der Waals surface area contributed by atoms with Gasteiger partial charge in [-0.15, -0.1) is 0 Å². The Morgan fingerprint density at radius 3 is 2.57 bits per heavy atom. The molecule has 0 bridgehead atoms. The second-order valence-corrected chi connectivity index (χ2v) is 4.36. The quantitative estimate of drug-likeness (QED) is 0.588. The van der Waals surface area contributed by atoms with Crippen LogP contribution in [-0.4, -0.2) is 5.71 Å². The van der Waals surface area contributed by atoms with Crippen LogP contribution < -0.4 is 0 Å². The molecule has 2 heteroatoms. The van der Waals surface area contributed by atoms with E-state index in [1.54, 1.807) is 0 Å². The third kappa shape index (κ3) is 2.80. The van der Waals surface area contributed by atoms with Crippen molar-refractivity contribution in [2.24, 2.45) is 9.12 Å². The van der Waals surface area contributed by atoms with Gasteiger partial charge in [0.05, 0.1) is 28.6 Å². The summed E-state index contributed by atoms with van der Waals surface area (Å²) in [4.78, 5) is 0. The highest BCUT2D eigenvalue weighted by atomic mass is 127. The van der Waals surface area contributed by atoms with Crippen molar-refractivity contribution in [3.8, 4) is 0 Å². The first-order chi connectivity index (χ1) is 6.90. The van der Waals surface area contributed by atoms with Crippen molar-refractivity contribution < 1.29 is 0 Å². The molecule has 74 valence electrons. The van der Waals surface area contributed by atoms with E-state index in [9.17, 15) is 0 Å². The summed E-state index contributed by atoms with van der Waals surface area (Å²) < 4.78 is 4.34. The van der Waals surface area contributed by atoms with Crippen LogP contribution in [0.2, 0.25) is 0 Å². The lowest BCUT2D eigenvalue weighted by Gasteiger charge is -2.03. The van der Waals surface area contributed by atoms with Gasteiger partial charge < -0.3 is 0 Å². The van der Waals surface area contributed by atoms with E-state index in [1.807, 2.05) is 0 Å². The number of halogens is 1. The maximum Gasteiger partial charge on any atom is 0.0834 e. The molecule has 0 saturated heterocycles. The van der Waals surface area contributed by atoms with E-state index in [0.29, 0.717) is 0 Å². The smallest absolute Gasteiger partial charge is 0.0834 e. The Morgan fingerprint density at radius 1 is 1.29 bits per heavy atom. The second kappa shape index (κ2) is 4.91. The molecular formula is C12H14IN. The minimum atomic E-state index is 0.992. The Kier molecular flexibility index (Phi) is 3.56. The van der Waals surface area contributed by atoms with Crippen molar-refractivity contribution in [2.45, 2.75) is 25.7 Å². The zero-order chi connectivity index (χ0) is 9.80. The monoisotopic (exact) mass is 299 g/mol. The topological polar surface area (TPSA) is 12.4 Å². The Morgan fingerprint density at radius 2 is 2.00 bits per heavy atom. The van der Waals surface area contributed by atoms with Crippen LogP contribution in [0.15, 0.2) is 33.5 Å². The molecule has 2 rings (SSSR count). The molecule has 0 N–H and O–H groups in total. The van der Waals surface area contributed by atoms with Gasteiger partial charge in [0.25, 0.3) is 0 Å². The second-order valence-electron chi connectivity index (χ2n) is 3.88. The number of rotatable bonds is 4. The van der Waals surface area contributed by atoms with E-state index in [1.165, 1.54) is 30.5 Å². The summed E-state index contributed by atoms with van der Waals surface area (Å²) in [5.41, 5.74) is 2.53. The molecule has 1 aromatic rings. The minimum absolute atomic E-state index is 0.992. The predicted molar refractivity (Wildman–Crippen MR) is 69.0 cm³/mol. The fourth-order valence-corrected chi connectivity index (χ4v) is 2.13. The first kappa shape index (κ1) is 10.1. The highest BCUT2D eigenvalue weighted by Gasteiger charge is 2.21.